The minimum absolute atomic E-state index is 0.344. The number of amides is 1. The topological polar surface area (TPSA) is 46.3 Å². The van der Waals surface area contributed by atoms with Gasteiger partial charge in [-0.05, 0) is 48.3 Å². The first-order valence-electron chi connectivity index (χ1n) is 6.29. The summed E-state index contributed by atoms with van der Waals surface area (Å²) in [4.78, 5) is 13.6. The molecule has 0 spiro atoms. The van der Waals surface area contributed by atoms with Crippen LogP contribution in [0.4, 0.5) is 0 Å². The summed E-state index contributed by atoms with van der Waals surface area (Å²) in [7, 11) is 0. The zero-order valence-corrected chi connectivity index (χ0v) is 10.2. The quantitative estimate of drug-likeness (QED) is 0.854. The number of benzene rings is 1. The van der Waals surface area contributed by atoms with E-state index in [0.717, 1.165) is 25.9 Å². The Morgan fingerprint density at radius 3 is 2.50 bits per heavy atom. The highest BCUT2D eigenvalue weighted by molar-refractivity contribution is 5.93. The Morgan fingerprint density at radius 1 is 1.17 bits per heavy atom. The highest BCUT2D eigenvalue weighted by Crippen LogP contribution is 2.22. The van der Waals surface area contributed by atoms with Crippen LogP contribution in [0.3, 0.4) is 0 Å². The summed E-state index contributed by atoms with van der Waals surface area (Å²) in [5.74, 6) is -0.344. The van der Waals surface area contributed by atoms with Crippen molar-refractivity contribution in [3.63, 3.8) is 0 Å². The van der Waals surface area contributed by atoms with Crippen molar-refractivity contribution in [3.8, 4) is 0 Å². The third-order valence-electron chi connectivity index (χ3n) is 3.69. The lowest BCUT2D eigenvalue weighted by Crippen LogP contribution is -2.26. The number of nitrogens with two attached hydrogens (primary N) is 1. The first kappa shape index (κ1) is 11.1. The molecule has 0 fully saturated rings. The third-order valence-corrected chi connectivity index (χ3v) is 3.69. The molecule has 0 radical (unpaired) electrons. The summed E-state index contributed by atoms with van der Waals surface area (Å²) in [6, 6.07) is 5.83. The molecule has 0 unspecified atom stereocenters. The van der Waals surface area contributed by atoms with Crippen LogP contribution in [0.25, 0.3) is 0 Å². The second-order valence-corrected chi connectivity index (χ2v) is 4.79. The van der Waals surface area contributed by atoms with Crippen molar-refractivity contribution in [1.29, 1.82) is 0 Å². The monoisotopic (exact) mass is 240 g/mol. The Morgan fingerprint density at radius 2 is 1.89 bits per heavy atom. The molecule has 1 heterocycles. The van der Waals surface area contributed by atoms with E-state index in [1.807, 2.05) is 18.2 Å². The summed E-state index contributed by atoms with van der Waals surface area (Å²) >= 11 is 0. The first-order chi connectivity index (χ1) is 8.74. The summed E-state index contributed by atoms with van der Waals surface area (Å²) in [5, 5.41) is 0. The molecule has 3 rings (SSSR count). The summed E-state index contributed by atoms with van der Waals surface area (Å²) in [6.07, 6.45) is 8.36. The second kappa shape index (κ2) is 4.33. The summed E-state index contributed by atoms with van der Waals surface area (Å²) in [6.45, 7) is 2.05. The van der Waals surface area contributed by atoms with E-state index < -0.39 is 0 Å². The SMILES string of the molecule is NC(=O)c1ccc2c(c1)CCN(C1=CC=C1)CC2. The largest absolute Gasteiger partial charge is 0.371 e. The lowest BCUT2D eigenvalue weighted by atomic mass is 10.00. The van der Waals surface area contributed by atoms with Gasteiger partial charge in [0.25, 0.3) is 0 Å². The van der Waals surface area contributed by atoms with E-state index in [1.165, 1.54) is 16.8 Å². The van der Waals surface area contributed by atoms with Crippen LogP contribution in [0.15, 0.2) is 42.1 Å². The highest BCUT2D eigenvalue weighted by atomic mass is 16.1. The Balaban J connectivity index is 1.82. The van der Waals surface area contributed by atoms with E-state index >= 15 is 0 Å². The van der Waals surface area contributed by atoms with Crippen LogP contribution in [-0.2, 0) is 12.8 Å². The molecular weight excluding hydrogens is 224 g/mol. The van der Waals surface area contributed by atoms with E-state index in [-0.39, 0.29) is 5.91 Å². The van der Waals surface area contributed by atoms with E-state index in [0.29, 0.717) is 5.56 Å². The normalized spacial score (nSPS) is 17.6. The molecule has 3 nitrogen and oxygen atoms in total. The predicted molar refractivity (Wildman–Crippen MR) is 71.2 cm³/mol. The Hall–Kier alpha value is -2.03. The van der Waals surface area contributed by atoms with Gasteiger partial charge in [-0.25, -0.2) is 0 Å². The van der Waals surface area contributed by atoms with Crippen LogP contribution in [-0.4, -0.2) is 23.9 Å². The number of rotatable bonds is 2. The zero-order valence-electron chi connectivity index (χ0n) is 10.2. The molecule has 0 aromatic heterocycles. The smallest absolute Gasteiger partial charge is 0.248 e. The van der Waals surface area contributed by atoms with Crippen LogP contribution >= 0.6 is 0 Å². The molecular formula is C15H16N2O. The Bertz CT molecular complexity index is 558. The van der Waals surface area contributed by atoms with Gasteiger partial charge in [0.05, 0.1) is 0 Å². The molecule has 2 aliphatic rings. The zero-order chi connectivity index (χ0) is 12.5. The van der Waals surface area contributed by atoms with Crippen molar-refractivity contribution in [2.75, 3.05) is 13.1 Å². The maximum absolute atomic E-state index is 11.2. The van der Waals surface area contributed by atoms with E-state index in [2.05, 4.69) is 23.1 Å². The van der Waals surface area contributed by atoms with Crippen LogP contribution in [0.2, 0.25) is 0 Å². The van der Waals surface area contributed by atoms with Crippen LogP contribution in [0.1, 0.15) is 21.5 Å². The van der Waals surface area contributed by atoms with Gasteiger partial charge in [0.15, 0.2) is 0 Å². The van der Waals surface area contributed by atoms with Crippen LogP contribution in [0, 0.1) is 0 Å². The third kappa shape index (κ3) is 1.92. The van der Waals surface area contributed by atoms with Gasteiger partial charge in [-0.2, -0.15) is 0 Å². The van der Waals surface area contributed by atoms with Crippen LogP contribution < -0.4 is 5.73 Å². The molecule has 1 aliphatic carbocycles. The number of fused-ring (bicyclic) bond motifs is 1. The van der Waals surface area contributed by atoms with Gasteiger partial charge in [0.1, 0.15) is 0 Å². The molecule has 92 valence electrons. The Kier molecular flexibility index (Phi) is 2.67. The van der Waals surface area contributed by atoms with Gasteiger partial charge < -0.3 is 10.6 Å². The number of hydrogen-bond acceptors (Lipinski definition) is 2. The number of nitrogens with zero attached hydrogens (tertiary/aromatic N) is 1. The van der Waals surface area contributed by atoms with Gasteiger partial charge in [0, 0.05) is 24.4 Å². The van der Waals surface area contributed by atoms with E-state index in [1.54, 1.807) is 0 Å². The fraction of sp³-hybridized carbons (Fsp3) is 0.267. The van der Waals surface area contributed by atoms with Crippen molar-refractivity contribution in [3.05, 3.63) is 58.8 Å². The second-order valence-electron chi connectivity index (χ2n) is 4.79. The van der Waals surface area contributed by atoms with Gasteiger partial charge in [-0.3, -0.25) is 4.79 Å². The van der Waals surface area contributed by atoms with Crippen molar-refractivity contribution in [2.45, 2.75) is 12.8 Å². The van der Waals surface area contributed by atoms with Gasteiger partial charge in [-0.15, -0.1) is 0 Å². The van der Waals surface area contributed by atoms with Crippen molar-refractivity contribution in [1.82, 2.24) is 4.90 Å². The minimum atomic E-state index is -0.344. The van der Waals surface area contributed by atoms with Crippen molar-refractivity contribution >= 4 is 5.91 Å². The number of allylic oxidation sites excluding steroid dienone is 3. The standard InChI is InChI=1S/C15H16N2O/c16-15(18)13-5-4-11-6-8-17(14-2-1-3-14)9-7-12(11)10-13/h1-5,10H,6-9H2,(H2,16,18). The number of primary amides is 1. The highest BCUT2D eigenvalue weighted by Gasteiger charge is 2.17. The van der Waals surface area contributed by atoms with Gasteiger partial charge in [-0.1, -0.05) is 12.1 Å². The first-order valence-corrected chi connectivity index (χ1v) is 6.29. The molecule has 1 aliphatic heterocycles. The number of hydrogen-bond donors (Lipinski definition) is 1. The fourth-order valence-corrected chi connectivity index (χ4v) is 2.53. The maximum Gasteiger partial charge on any atom is 0.248 e. The van der Waals surface area contributed by atoms with Crippen molar-refractivity contribution < 1.29 is 4.79 Å². The van der Waals surface area contributed by atoms with E-state index in [9.17, 15) is 4.79 Å². The number of carbonyl (C=O) groups is 1. The lowest BCUT2D eigenvalue weighted by molar-refractivity contribution is 0.1000. The molecule has 1 amide bonds. The fourth-order valence-electron chi connectivity index (χ4n) is 2.53. The lowest BCUT2D eigenvalue weighted by Gasteiger charge is -2.26. The maximum atomic E-state index is 11.2. The molecule has 1 aromatic carbocycles. The van der Waals surface area contributed by atoms with Gasteiger partial charge in [0.2, 0.25) is 5.91 Å². The van der Waals surface area contributed by atoms with Gasteiger partial charge >= 0.3 is 0 Å². The molecule has 2 N–H and O–H groups in total. The summed E-state index contributed by atoms with van der Waals surface area (Å²) < 4.78 is 0. The Labute approximate surface area is 107 Å². The molecule has 0 saturated heterocycles. The molecule has 0 bridgehead atoms. The molecule has 0 atom stereocenters. The molecule has 1 aromatic rings. The van der Waals surface area contributed by atoms with E-state index in [4.69, 9.17) is 5.73 Å². The molecule has 3 heteroatoms. The minimum Gasteiger partial charge on any atom is -0.371 e. The predicted octanol–water partition coefficient (Wildman–Crippen LogP) is 1.64. The average molecular weight is 240 g/mol. The molecule has 0 saturated carbocycles. The van der Waals surface area contributed by atoms with Crippen molar-refractivity contribution in [2.24, 2.45) is 5.73 Å². The summed E-state index contributed by atoms with van der Waals surface area (Å²) in [5.41, 5.74) is 9.86. The van der Waals surface area contributed by atoms with Crippen LogP contribution in [0.5, 0.6) is 0 Å². The molecule has 18 heavy (non-hydrogen) atoms. The number of carbonyl (C=O) groups excluding carboxylic acids is 1. The average Bonchev–Trinajstić information content (AvgIpc) is 2.49.